The van der Waals surface area contributed by atoms with E-state index in [1.807, 2.05) is 18.2 Å². The van der Waals surface area contributed by atoms with Gasteiger partial charge in [-0.05, 0) is 49.1 Å². The lowest BCUT2D eigenvalue weighted by Gasteiger charge is -2.28. The van der Waals surface area contributed by atoms with Gasteiger partial charge in [0.25, 0.3) is 0 Å². The molecule has 0 aromatic heterocycles. The zero-order chi connectivity index (χ0) is 15.3. The zero-order valence-electron chi connectivity index (χ0n) is 12.0. The molecule has 2 nitrogen and oxygen atoms in total. The van der Waals surface area contributed by atoms with Crippen LogP contribution in [0.15, 0.2) is 18.2 Å². The number of nitrogens with zero attached hydrogens (tertiary/aromatic N) is 1. The van der Waals surface area contributed by atoms with Crippen molar-refractivity contribution in [2.75, 3.05) is 24.0 Å². The summed E-state index contributed by atoms with van der Waals surface area (Å²) in [5, 5.41) is 0. The summed E-state index contributed by atoms with van der Waals surface area (Å²) in [6.45, 7) is 1.95. The molecule has 2 N–H and O–H groups in total. The maximum absolute atomic E-state index is 12.8. The Hall–Kier alpha value is -0.880. The first-order valence-electron chi connectivity index (χ1n) is 6.43. The van der Waals surface area contributed by atoms with Crippen LogP contribution in [0.5, 0.6) is 0 Å². The molecule has 0 heterocycles. The molecule has 0 aliphatic carbocycles. The topological polar surface area (TPSA) is 29.3 Å². The monoisotopic (exact) mass is 306 g/mol. The minimum absolute atomic E-state index is 0.115. The Balaban J connectivity index is 2.98. The van der Waals surface area contributed by atoms with Crippen molar-refractivity contribution < 1.29 is 13.2 Å². The SMILES string of the molecule is CSCCC(C)N(C)c1ccc(C(F)(F)F)c(CN)c1. The Morgan fingerprint density at radius 1 is 1.35 bits per heavy atom. The van der Waals surface area contributed by atoms with E-state index in [2.05, 4.69) is 6.92 Å². The van der Waals surface area contributed by atoms with Gasteiger partial charge >= 0.3 is 6.18 Å². The molecule has 20 heavy (non-hydrogen) atoms. The highest BCUT2D eigenvalue weighted by Crippen LogP contribution is 2.34. The Morgan fingerprint density at radius 3 is 2.50 bits per heavy atom. The average molecular weight is 306 g/mol. The van der Waals surface area contributed by atoms with Crippen molar-refractivity contribution in [1.82, 2.24) is 0 Å². The number of benzene rings is 1. The number of halogens is 3. The van der Waals surface area contributed by atoms with Crippen molar-refractivity contribution in [3.05, 3.63) is 29.3 Å². The Labute approximate surface area is 122 Å². The van der Waals surface area contributed by atoms with E-state index in [0.717, 1.165) is 23.9 Å². The molecule has 0 aliphatic heterocycles. The van der Waals surface area contributed by atoms with Crippen molar-refractivity contribution in [2.24, 2.45) is 5.73 Å². The maximum atomic E-state index is 12.8. The highest BCUT2D eigenvalue weighted by Gasteiger charge is 2.33. The quantitative estimate of drug-likeness (QED) is 0.868. The molecule has 1 rings (SSSR count). The summed E-state index contributed by atoms with van der Waals surface area (Å²) in [5.41, 5.74) is 5.71. The molecule has 114 valence electrons. The molecule has 6 heteroatoms. The molecule has 0 amide bonds. The molecule has 0 radical (unpaired) electrons. The van der Waals surface area contributed by atoms with Gasteiger partial charge in [0.1, 0.15) is 0 Å². The summed E-state index contributed by atoms with van der Waals surface area (Å²) in [4.78, 5) is 2.00. The van der Waals surface area contributed by atoms with Crippen LogP contribution in [0.1, 0.15) is 24.5 Å². The van der Waals surface area contributed by atoms with Crippen LogP contribution in [0, 0.1) is 0 Å². The van der Waals surface area contributed by atoms with Crippen LogP contribution in [0.3, 0.4) is 0 Å². The standard InChI is InChI=1S/C14H21F3N2S/c1-10(6-7-20-3)19(2)12-4-5-13(14(15,16)17)11(8-12)9-18/h4-5,8,10H,6-7,9,18H2,1-3H3. The third kappa shape index (κ3) is 4.31. The van der Waals surface area contributed by atoms with Crippen LogP contribution in [-0.2, 0) is 12.7 Å². The lowest BCUT2D eigenvalue weighted by atomic mass is 10.0. The van der Waals surface area contributed by atoms with E-state index in [-0.39, 0.29) is 18.2 Å². The first kappa shape index (κ1) is 17.2. The predicted molar refractivity (Wildman–Crippen MR) is 80.2 cm³/mol. The van der Waals surface area contributed by atoms with Gasteiger partial charge in [-0.3, -0.25) is 0 Å². The number of anilines is 1. The van der Waals surface area contributed by atoms with Gasteiger partial charge in [0, 0.05) is 25.3 Å². The maximum Gasteiger partial charge on any atom is 0.416 e. The molecule has 0 fully saturated rings. The van der Waals surface area contributed by atoms with E-state index in [1.165, 1.54) is 6.07 Å². The Bertz CT molecular complexity index is 435. The molecular weight excluding hydrogens is 285 g/mol. The van der Waals surface area contributed by atoms with Crippen LogP contribution in [0.25, 0.3) is 0 Å². The minimum Gasteiger partial charge on any atom is -0.372 e. The van der Waals surface area contributed by atoms with Crippen molar-refractivity contribution in [3.63, 3.8) is 0 Å². The molecule has 0 spiro atoms. The number of nitrogens with two attached hydrogens (primary N) is 1. The van der Waals surface area contributed by atoms with Gasteiger partial charge in [-0.2, -0.15) is 24.9 Å². The van der Waals surface area contributed by atoms with Crippen LogP contribution < -0.4 is 10.6 Å². The van der Waals surface area contributed by atoms with Gasteiger partial charge in [-0.25, -0.2) is 0 Å². The molecule has 0 bridgehead atoms. The van der Waals surface area contributed by atoms with Crippen molar-refractivity contribution in [1.29, 1.82) is 0 Å². The van der Waals surface area contributed by atoms with Crippen LogP contribution in [0.2, 0.25) is 0 Å². The van der Waals surface area contributed by atoms with Crippen molar-refractivity contribution in [2.45, 2.75) is 32.1 Å². The number of rotatable bonds is 6. The lowest BCUT2D eigenvalue weighted by Crippen LogP contribution is -2.29. The summed E-state index contributed by atoms with van der Waals surface area (Å²) in [5.74, 6) is 1.02. The summed E-state index contributed by atoms with van der Waals surface area (Å²) in [6, 6.07) is 4.44. The lowest BCUT2D eigenvalue weighted by molar-refractivity contribution is -0.138. The van der Waals surface area contributed by atoms with E-state index >= 15 is 0 Å². The van der Waals surface area contributed by atoms with Gasteiger partial charge in [0.2, 0.25) is 0 Å². The summed E-state index contributed by atoms with van der Waals surface area (Å²) >= 11 is 1.76. The predicted octanol–water partition coefficient (Wildman–Crippen LogP) is 3.74. The second-order valence-electron chi connectivity index (χ2n) is 4.78. The smallest absolute Gasteiger partial charge is 0.372 e. The highest BCUT2D eigenvalue weighted by atomic mass is 32.2. The fraction of sp³-hybridized carbons (Fsp3) is 0.571. The normalized spacial score (nSPS) is 13.3. The van der Waals surface area contributed by atoms with Gasteiger partial charge in [0.05, 0.1) is 5.56 Å². The largest absolute Gasteiger partial charge is 0.416 e. The molecule has 1 unspecified atom stereocenters. The van der Waals surface area contributed by atoms with Crippen LogP contribution in [0.4, 0.5) is 18.9 Å². The fourth-order valence-electron chi connectivity index (χ4n) is 1.98. The first-order valence-corrected chi connectivity index (χ1v) is 7.82. The van der Waals surface area contributed by atoms with Crippen LogP contribution >= 0.6 is 11.8 Å². The van der Waals surface area contributed by atoms with Gasteiger partial charge in [-0.1, -0.05) is 0 Å². The molecular formula is C14H21F3N2S. The molecule has 0 saturated heterocycles. The summed E-state index contributed by atoms with van der Waals surface area (Å²) in [7, 11) is 1.90. The van der Waals surface area contributed by atoms with E-state index in [1.54, 1.807) is 17.8 Å². The number of thioether (sulfide) groups is 1. The highest BCUT2D eigenvalue weighted by molar-refractivity contribution is 7.98. The first-order chi connectivity index (χ1) is 9.31. The third-order valence-corrected chi connectivity index (χ3v) is 4.07. The molecule has 1 aromatic rings. The molecule has 1 atom stereocenters. The zero-order valence-corrected chi connectivity index (χ0v) is 12.8. The van der Waals surface area contributed by atoms with E-state index < -0.39 is 11.7 Å². The van der Waals surface area contributed by atoms with E-state index in [0.29, 0.717) is 0 Å². The van der Waals surface area contributed by atoms with Gasteiger partial charge in [-0.15, -0.1) is 0 Å². The third-order valence-electron chi connectivity index (χ3n) is 3.42. The molecule has 1 aromatic carbocycles. The van der Waals surface area contributed by atoms with Crippen molar-refractivity contribution >= 4 is 17.4 Å². The Kier molecular flexibility index (Phi) is 6.20. The number of hydrogen-bond acceptors (Lipinski definition) is 3. The van der Waals surface area contributed by atoms with E-state index in [4.69, 9.17) is 5.73 Å². The average Bonchev–Trinajstić information content (AvgIpc) is 2.42. The van der Waals surface area contributed by atoms with E-state index in [9.17, 15) is 13.2 Å². The van der Waals surface area contributed by atoms with Gasteiger partial charge in [0.15, 0.2) is 0 Å². The molecule has 0 saturated carbocycles. The number of alkyl halides is 3. The second-order valence-corrected chi connectivity index (χ2v) is 5.77. The summed E-state index contributed by atoms with van der Waals surface area (Å²) < 4.78 is 38.5. The molecule has 0 aliphatic rings. The Morgan fingerprint density at radius 2 is 2.00 bits per heavy atom. The fourth-order valence-corrected chi connectivity index (χ4v) is 2.56. The minimum atomic E-state index is -4.35. The second kappa shape index (κ2) is 7.22. The number of hydrogen-bond donors (Lipinski definition) is 1. The van der Waals surface area contributed by atoms with Gasteiger partial charge < -0.3 is 10.6 Å². The summed E-state index contributed by atoms with van der Waals surface area (Å²) in [6.07, 6.45) is -1.33. The van der Waals surface area contributed by atoms with Crippen LogP contribution in [-0.4, -0.2) is 25.1 Å². The van der Waals surface area contributed by atoms with Crippen molar-refractivity contribution in [3.8, 4) is 0 Å².